The minimum absolute atomic E-state index is 0.0522. The van der Waals surface area contributed by atoms with E-state index in [4.69, 9.17) is 5.73 Å². The summed E-state index contributed by atoms with van der Waals surface area (Å²) >= 11 is 0. The quantitative estimate of drug-likeness (QED) is 0.781. The van der Waals surface area contributed by atoms with Gasteiger partial charge in [0, 0.05) is 31.5 Å². The number of rotatable bonds is 3. The molecular weight excluding hydrogens is 397 g/mol. The van der Waals surface area contributed by atoms with E-state index in [-0.39, 0.29) is 43.7 Å². The van der Waals surface area contributed by atoms with Gasteiger partial charge in [-0.2, -0.15) is 13.2 Å². The molecule has 1 aliphatic carbocycles. The number of alkyl halides is 3. The fourth-order valence-corrected chi connectivity index (χ4v) is 4.13. The van der Waals surface area contributed by atoms with Gasteiger partial charge >= 0.3 is 6.18 Å². The first-order valence-electron chi connectivity index (χ1n) is 9.15. The fraction of sp³-hybridized carbons (Fsp3) is 0.500. The number of hydrogen-bond acceptors (Lipinski definition) is 4. The summed E-state index contributed by atoms with van der Waals surface area (Å²) in [6, 6.07) is 1.68. The van der Waals surface area contributed by atoms with Gasteiger partial charge in [0.15, 0.2) is 17.5 Å². The molecule has 6 nitrogen and oxygen atoms in total. The zero-order valence-electron chi connectivity index (χ0n) is 15.2. The minimum atomic E-state index is -4.61. The molecule has 2 aliphatic rings. The van der Waals surface area contributed by atoms with Gasteiger partial charge in [-0.25, -0.2) is 8.78 Å². The van der Waals surface area contributed by atoms with Crippen molar-refractivity contribution in [3.05, 3.63) is 46.5 Å². The third-order valence-corrected chi connectivity index (χ3v) is 5.59. The third-order valence-electron chi connectivity index (χ3n) is 5.59. The molecule has 0 saturated carbocycles. The predicted molar refractivity (Wildman–Crippen MR) is 90.5 cm³/mol. The number of fused-ring (bicyclic) bond motifs is 2. The van der Waals surface area contributed by atoms with E-state index in [0.717, 1.165) is 16.7 Å². The van der Waals surface area contributed by atoms with E-state index in [9.17, 15) is 26.7 Å². The molecule has 0 spiro atoms. The van der Waals surface area contributed by atoms with Gasteiger partial charge in [-0.05, 0) is 36.1 Å². The van der Waals surface area contributed by atoms with Gasteiger partial charge in [-0.1, -0.05) is 0 Å². The van der Waals surface area contributed by atoms with Crippen molar-refractivity contribution in [2.75, 3.05) is 6.54 Å². The summed E-state index contributed by atoms with van der Waals surface area (Å²) < 4.78 is 66.7. The Morgan fingerprint density at radius 2 is 1.93 bits per heavy atom. The molecule has 2 aromatic rings. The number of carbonyl (C=O) groups is 1. The maximum Gasteiger partial charge on any atom is 0.451 e. The first-order chi connectivity index (χ1) is 13.6. The number of aryl methyl sites for hydroxylation is 1. The molecule has 2 heterocycles. The van der Waals surface area contributed by atoms with E-state index >= 15 is 0 Å². The largest absolute Gasteiger partial charge is 0.451 e. The zero-order chi connectivity index (χ0) is 20.9. The second-order valence-electron chi connectivity index (χ2n) is 7.38. The summed E-state index contributed by atoms with van der Waals surface area (Å²) in [6.07, 6.45) is -3.53. The Kier molecular flexibility index (Phi) is 4.80. The van der Waals surface area contributed by atoms with Crippen LogP contribution in [0.4, 0.5) is 22.0 Å². The van der Waals surface area contributed by atoms with Crippen LogP contribution in [0.15, 0.2) is 12.1 Å². The normalized spacial score (nSPS) is 19.8. The molecule has 29 heavy (non-hydrogen) atoms. The lowest BCUT2D eigenvalue weighted by atomic mass is 9.91. The molecule has 0 bridgehead atoms. The van der Waals surface area contributed by atoms with Crippen LogP contribution in [-0.4, -0.2) is 38.2 Å². The van der Waals surface area contributed by atoms with Crippen LogP contribution in [0.1, 0.15) is 41.5 Å². The van der Waals surface area contributed by atoms with Crippen molar-refractivity contribution >= 4 is 5.91 Å². The number of halogens is 5. The maximum absolute atomic E-state index is 13.6. The van der Waals surface area contributed by atoms with Crippen LogP contribution in [0.2, 0.25) is 0 Å². The third kappa shape index (κ3) is 3.59. The van der Waals surface area contributed by atoms with Crippen LogP contribution in [0.3, 0.4) is 0 Å². The average molecular weight is 415 g/mol. The number of hydrogen-bond donors (Lipinski definition) is 1. The van der Waals surface area contributed by atoms with Crippen LogP contribution >= 0.6 is 0 Å². The predicted octanol–water partition coefficient (Wildman–Crippen LogP) is 2.36. The van der Waals surface area contributed by atoms with Crippen molar-refractivity contribution in [3.63, 3.8) is 0 Å². The average Bonchev–Trinajstić information content (AvgIpc) is 3.25. The van der Waals surface area contributed by atoms with E-state index in [1.807, 2.05) is 0 Å². The molecule has 1 aliphatic heterocycles. The van der Waals surface area contributed by atoms with Gasteiger partial charge in [-0.3, -0.25) is 4.79 Å². The molecule has 2 atom stereocenters. The second-order valence-corrected chi connectivity index (χ2v) is 7.38. The highest BCUT2D eigenvalue weighted by atomic mass is 19.4. The molecular formula is C18H18F5N5O. The zero-order valence-corrected chi connectivity index (χ0v) is 15.2. The Balaban J connectivity index is 1.44. The van der Waals surface area contributed by atoms with Gasteiger partial charge < -0.3 is 15.2 Å². The molecule has 1 aromatic carbocycles. The molecule has 0 fully saturated rings. The van der Waals surface area contributed by atoms with Gasteiger partial charge in [-0.15, -0.1) is 10.2 Å². The molecule has 1 aromatic heterocycles. The summed E-state index contributed by atoms with van der Waals surface area (Å²) in [5.74, 6) is -3.48. The van der Waals surface area contributed by atoms with E-state index < -0.39 is 29.7 Å². The summed E-state index contributed by atoms with van der Waals surface area (Å²) in [7, 11) is 0. The van der Waals surface area contributed by atoms with Crippen LogP contribution in [-0.2, 0) is 30.5 Å². The fourth-order valence-electron chi connectivity index (χ4n) is 4.13. The second kappa shape index (κ2) is 7.05. The highest BCUT2D eigenvalue weighted by molar-refractivity contribution is 5.77. The number of benzene rings is 1. The lowest BCUT2D eigenvalue weighted by molar-refractivity contribution is -0.148. The Bertz CT molecular complexity index is 957. The van der Waals surface area contributed by atoms with Gasteiger partial charge in [0.1, 0.15) is 0 Å². The first-order valence-corrected chi connectivity index (χ1v) is 9.15. The highest BCUT2D eigenvalue weighted by Crippen LogP contribution is 2.37. The van der Waals surface area contributed by atoms with Gasteiger partial charge in [0.25, 0.3) is 0 Å². The van der Waals surface area contributed by atoms with Crippen molar-refractivity contribution in [1.29, 1.82) is 0 Å². The highest BCUT2D eigenvalue weighted by Gasteiger charge is 2.40. The molecule has 4 rings (SSSR count). The van der Waals surface area contributed by atoms with Crippen LogP contribution < -0.4 is 5.73 Å². The van der Waals surface area contributed by atoms with E-state index in [1.54, 1.807) is 0 Å². The SMILES string of the molecule is NC(CC(=O)N1CCn2c(nnc2C(F)(F)F)C1)C1CCc2cc(F)c(F)cc21. The van der Waals surface area contributed by atoms with Crippen molar-refractivity contribution in [2.24, 2.45) is 5.73 Å². The van der Waals surface area contributed by atoms with E-state index in [1.165, 1.54) is 4.90 Å². The lowest BCUT2D eigenvalue weighted by Crippen LogP contribution is -2.42. The first kappa shape index (κ1) is 19.7. The molecule has 0 saturated heterocycles. The van der Waals surface area contributed by atoms with Crippen LogP contribution in [0, 0.1) is 11.6 Å². The smallest absolute Gasteiger partial charge is 0.333 e. The van der Waals surface area contributed by atoms with Crippen molar-refractivity contribution < 1.29 is 26.7 Å². The van der Waals surface area contributed by atoms with Crippen LogP contribution in [0.25, 0.3) is 0 Å². The Morgan fingerprint density at radius 3 is 2.66 bits per heavy atom. The van der Waals surface area contributed by atoms with E-state index in [0.29, 0.717) is 24.0 Å². The Morgan fingerprint density at radius 1 is 1.21 bits per heavy atom. The molecule has 2 N–H and O–H groups in total. The van der Waals surface area contributed by atoms with Gasteiger partial charge in [0.2, 0.25) is 11.7 Å². The molecule has 1 amide bonds. The Labute approximate surface area is 162 Å². The number of aromatic nitrogens is 3. The van der Waals surface area contributed by atoms with Crippen molar-refractivity contribution in [1.82, 2.24) is 19.7 Å². The molecule has 11 heteroatoms. The van der Waals surface area contributed by atoms with Crippen molar-refractivity contribution in [3.8, 4) is 0 Å². The minimum Gasteiger partial charge on any atom is -0.333 e. The lowest BCUT2D eigenvalue weighted by Gasteiger charge is -2.30. The number of nitrogens with zero attached hydrogens (tertiary/aromatic N) is 4. The Hall–Kier alpha value is -2.56. The van der Waals surface area contributed by atoms with Crippen LogP contribution in [0.5, 0.6) is 0 Å². The molecule has 0 radical (unpaired) electrons. The monoisotopic (exact) mass is 415 g/mol. The summed E-state index contributed by atoms with van der Waals surface area (Å²) in [5.41, 5.74) is 7.49. The maximum atomic E-state index is 13.6. The topological polar surface area (TPSA) is 77.0 Å². The number of carbonyl (C=O) groups excluding carboxylic acids is 1. The van der Waals surface area contributed by atoms with E-state index in [2.05, 4.69) is 10.2 Å². The molecule has 2 unspecified atom stereocenters. The van der Waals surface area contributed by atoms with Gasteiger partial charge in [0.05, 0.1) is 6.54 Å². The number of amides is 1. The van der Waals surface area contributed by atoms with Crippen molar-refractivity contribution in [2.45, 2.75) is 50.5 Å². The molecule has 156 valence electrons. The standard InChI is InChI=1S/C18H18F5N5O/c19-12-5-9-1-2-10(11(9)6-13(12)20)14(24)7-16(29)27-3-4-28-15(8-27)25-26-17(28)18(21,22)23/h5-6,10,14H,1-4,7-8,24H2. The number of nitrogens with two attached hydrogens (primary N) is 1. The summed E-state index contributed by atoms with van der Waals surface area (Å²) in [5, 5.41) is 6.74. The summed E-state index contributed by atoms with van der Waals surface area (Å²) in [6.45, 7) is -0.0641. The summed E-state index contributed by atoms with van der Waals surface area (Å²) in [4.78, 5) is 14.0.